The molecule has 0 spiro atoms. The van der Waals surface area contributed by atoms with Crippen molar-refractivity contribution in [1.82, 2.24) is 0 Å². The number of aromatic carboxylic acids is 1. The van der Waals surface area contributed by atoms with Crippen LogP contribution < -0.4 is 4.90 Å². The van der Waals surface area contributed by atoms with Crippen LogP contribution in [0.3, 0.4) is 0 Å². The first-order chi connectivity index (χ1) is 11.4. The first-order valence-electron chi connectivity index (χ1n) is 7.28. The molecule has 8 heteroatoms. The second-order valence-electron chi connectivity index (χ2n) is 6.04. The fourth-order valence-electron chi connectivity index (χ4n) is 3.75. The topological polar surface area (TPSA) is 104 Å². The van der Waals surface area contributed by atoms with Gasteiger partial charge in [-0.2, -0.15) is 0 Å². The number of hydrogen-bond donors (Lipinski definition) is 2. The third kappa shape index (κ3) is 1.77. The summed E-state index contributed by atoms with van der Waals surface area (Å²) in [6.45, 7) is -0.408. The zero-order valence-electron chi connectivity index (χ0n) is 12.2. The molecular weight excluding hydrogens is 338 g/mol. The molecule has 4 atom stereocenters. The van der Waals surface area contributed by atoms with Gasteiger partial charge in [-0.05, 0) is 18.2 Å². The molecule has 0 unspecified atom stereocenters. The highest BCUT2D eigenvalue weighted by molar-refractivity contribution is 6.34. The van der Waals surface area contributed by atoms with Crippen molar-refractivity contribution < 1.29 is 29.3 Å². The zero-order chi connectivity index (χ0) is 17.2. The van der Waals surface area contributed by atoms with Crippen LogP contribution in [0.25, 0.3) is 0 Å². The number of anilines is 1. The summed E-state index contributed by atoms with van der Waals surface area (Å²) >= 11 is 5.84. The minimum absolute atomic E-state index is 0.0161. The van der Waals surface area contributed by atoms with Gasteiger partial charge in [-0.25, -0.2) is 9.69 Å². The summed E-state index contributed by atoms with van der Waals surface area (Å²) in [5.74, 6) is -3.75. The normalized spacial score (nSPS) is 33.4. The van der Waals surface area contributed by atoms with Crippen molar-refractivity contribution in [2.75, 3.05) is 11.5 Å². The lowest BCUT2D eigenvalue weighted by Gasteiger charge is -2.26. The second kappa shape index (κ2) is 4.89. The van der Waals surface area contributed by atoms with Crippen molar-refractivity contribution in [2.24, 2.45) is 11.8 Å². The number of nitrogens with zero attached hydrogens (tertiary/aromatic N) is 1. The Morgan fingerprint density at radius 3 is 2.75 bits per heavy atom. The second-order valence-corrected chi connectivity index (χ2v) is 6.45. The molecule has 0 aromatic heterocycles. The largest absolute Gasteiger partial charge is 0.478 e. The van der Waals surface area contributed by atoms with Gasteiger partial charge in [0.05, 0.1) is 40.8 Å². The average Bonchev–Trinajstić information content (AvgIpc) is 3.19. The average molecular weight is 350 g/mol. The standard InChI is InChI=1S/C16H12ClNO6/c17-9-2-1-7(5-8(9)15(22)23)18-13(20)11-10-3-4-16(6-19,24-10)12(11)14(18)21/h1-5,10-12,19H,6H2,(H,22,23)/t10-,11+,12+,16+/m1/s1. The van der Waals surface area contributed by atoms with E-state index in [0.717, 1.165) is 4.90 Å². The van der Waals surface area contributed by atoms with E-state index in [9.17, 15) is 19.5 Å². The summed E-state index contributed by atoms with van der Waals surface area (Å²) in [5, 5.41) is 18.8. The highest BCUT2D eigenvalue weighted by Gasteiger charge is 2.67. The Balaban J connectivity index is 1.77. The summed E-state index contributed by atoms with van der Waals surface area (Å²) in [7, 11) is 0. The monoisotopic (exact) mass is 349 g/mol. The molecule has 2 amide bonds. The number of carbonyl (C=O) groups excluding carboxylic acids is 2. The molecule has 7 nitrogen and oxygen atoms in total. The van der Waals surface area contributed by atoms with Crippen LogP contribution in [0.5, 0.6) is 0 Å². The molecule has 1 aromatic carbocycles. The number of imide groups is 1. The molecule has 2 N–H and O–H groups in total. The molecule has 3 aliphatic heterocycles. The maximum Gasteiger partial charge on any atom is 0.337 e. The van der Waals surface area contributed by atoms with Crippen molar-refractivity contribution in [1.29, 1.82) is 0 Å². The molecule has 2 saturated heterocycles. The van der Waals surface area contributed by atoms with E-state index < -0.39 is 47.9 Å². The number of carboxylic acids is 1. The molecular formula is C16H12ClNO6. The molecule has 2 fully saturated rings. The van der Waals surface area contributed by atoms with Gasteiger partial charge >= 0.3 is 5.97 Å². The van der Waals surface area contributed by atoms with Gasteiger partial charge in [0.1, 0.15) is 5.60 Å². The van der Waals surface area contributed by atoms with Gasteiger partial charge in [0.15, 0.2) is 0 Å². The molecule has 24 heavy (non-hydrogen) atoms. The number of ether oxygens (including phenoxy) is 1. The zero-order valence-corrected chi connectivity index (χ0v) is 12.9. The van der Waals surface area contributed by atoms with Crippen molar-refractivity contribution in [3.05, 3.63) is 40.9 Å². The molecule has 124 valence electrons. The number of fused-ring (bicyclic) bond motifs is 5. The van der Waals surface area contributed by atoms with E-state index in [0.29, 0.717) is 0 Å². The summed E-state index contributed by atoms with van der Waals surface area (Å²) in [4.78, 5) is 37.7. The fraction of sp³-hybridized carbons (Fsp3) is 0.312. The van der Waals surface area contributed by atoms with Crippen LogP contribution in [0.4, 0.5) is 5.69 Å². The number of aliphatic hydroxyl groups is 1. The molecule has 2 bridgehead atoms. The van der Waals surface area contributed by atoms with Crippen LogP contribution in [0.1, 0.15) is 10.4 Å². The van der Waals surface area contributed by atoms with Gasteiger partial charge in [-0.15, -0.1) is 0 Å². The van der Waals surface area contributed by atoms with Crippen LogP contribution in [-0.2, 0) is 14.3 Å². The number of rotatable bonds is 3. The smallest absolute Gasteiger partial charge is 0.337 e. The van der Waals surface area contributed by atoms with E-state index >= 15 is 0 Å². The minimum atomic E-state index is -1.25. The van der Waals surface area contributed by atoms with Gasteiger partial charge in [0.25, 0.3) is 0 Å². The van der Waals surface area contributed by atoms with Crippen LogP contribution >= 0.6 is 11.6 Å². The summed E-state index contributed by atoms with van der Waals surface area (Å²) in [6, 6.07) is 3.96. The Labute approximate surface area is 141 Å². The van der Waals surface area contributed by atoms with Gasteiger partial charge < -0.3 is 14.9 Å². The lowest BCUT2D eigenvalue weighted by Crippen LogP contribution is -2.43. The first kappa shape index (κ1) is 15.3. The molecule has 0 aliphatic carbocycles. The maximum absolute atomic E-state index is 12.8. The maximum atomic E-state index is 12.8. The van der Waals surface area contributed by atoms with Gasteiger partial charge in [0.2, 0.25) is 11.8 Å². The lowest BCUT2D eigenvalue weighted by molar-refractivity contribution is -0.128. The number of carboxylic acid groups (broad SMARTS) is 1. The quantitative estimate of drug-likeness (QED) is 0.619. The SMILES string of the molecule is O=C(O)c1cc(N2C(=O)[C@@H]3[C@@H](C2=O)[C@@]2(CO)C=C[C@H]3O2)ccc1Cl. The van der Waals surface area contributed by atoms with Crippen LogP contribution in [-0.4, -0.2) is 46.3 Å². The molecule has 3 aliphatic rings. The van der Waals surface area contributed by atoms with Crippen molar-refractivity contribution in [3.8, 4) is 0 Å². The highest BCUT2D eigenvalue weighted by atomic mass is 35.5. The third-order valence-electron chi connectivity index (χ3n) is 4.84. The van der Waals surface area contributed by atoms with Crippen molar-refractivity contribution in [3.63, 3.8) is 0 Å². The summed E-state index contributed by atoms with van der Waals surface area (Å²) in [6.07, 6.45) is 2.74. The number of hydrogen-bond acceptors (Lipinski definition) is 5. The van der Waals surface area contributed by atoms with Crippen molar-refractivity contribution in [2.45, 2.75) is 11.7 Å². The minimum Gasteiger partial charge on any atom is -0.478 e. The summed E-state index contributed by atoms with van der Waals surface area (Å²) < 4.78 is 5.64. The molecule has 3 heterocycles. The fourth-order valence-corrected chi connectivity index (χ4v) is 3.95. The predicted molar refractivity (Wildman–Crippen MR) is 81.7 cm³/mol. The lowest BCUT2D eigenvalue weighted by atomic mass is 9.77. The van der Waals surface area contributed by atoms with E-state index in [-0.39, 0.29) is 16.3 Å². The summed E-state index contributed by atoms with van der Waals surface area (Å²) in [5.41, 5.74) is -1.23. The Bertz CT molecular complexity index is 821. The van der Waals surface area contributed by atoms with Gasteiger partial charge in [-0.1, -0.05) is 23.8 Å². The Kier molecular flexibility index (Phi) is 3.12. The molecule has 4 rings (SSSR count). The molecule has 0 saturated carbocycles. The first-order valence-corrected chi connectivity index (χ1v) is 7.66. The van der Waals surface area contributed by atoms with E-state index in [2.05, 4.69) is 0 Å². The molecule has 1 aromatic rings. The number of benzene rings is 1. The number of halogens is 1. The van der Waals surface area contributed by atoms with Gasteiger partial charge in [0, 0.05) is 0 Å². The Morgan fingerprint density at radius 1 is 1.33 bits per heavy atom. The van der Waals surface area contributed by atoms with Gasteiger partial charge in [-0.3, -0.25) is 9.59 Å². The van der Waals surface area contributed by atoms with E-state index in [4.69, 9.17) is 21.4 Å². The number of carbonyl (C=O) groups is 3. The highest BCUT2D eigenvalue weighted by Crippen LogP contribution is 2.52. The third-order valence-corrected chi connectivity index (χ3v) is 5.17. The van der Waals surface area contributed by atoms with E-state index in [1.807, 2.05) is 0 Å². The van der Waals surface area contributed by atoms with Crippen LogP contribution in [0.2, 0.25) is 5.02 Å². The van der Waals surface area contributed by atoms with Crippen LogP contribution in [0.15, 0.2) is 30.4 Å². The molecule has 0 radical (unpaired) electrons. The van der Waals surface area contributed by atoms with E-state index in [1.54, 1.807) is 12.2 Å². The number of aliphatic hydroxyl groups excluding tert-OH is 1. The van der Waals surface area contributed by atoms with Crippen molar-refractivity contribution >= 4 is 35.1 Å². The predicted octanol–water partition coefficient (Wildman–Crippen LogP) is 0.843. The van der Waals surface area contributed by atoms with Crippen LogP contribution in [0, 0.1) is 11.8 Å². The number of amides is 2. The Morgan fingerprint density at radius 2 is 2.08 bits per heavy atom. The Hall–Kier alpha value is -2.22. The van der Waals surface area contributed by atoms with E-state index in [1.165, 1.54) is 18.2 Å².